The average Bonchev–Trinajstić information content (AvgIpc) is 2.82. The zero-order valence-electron chi connectivity index (χ0n) is 12.1. The Morgan fingerprint density at radius 1 is 1.05 bits per heavy atom. The molecule has 0 saturated carbocycles. The highest BCUT2D eigenvalue weighted by atomic mass is 32.1. The van der Waals surface area contributed by atoms with Crippen molar-refractivity contribution < 1.29 is 9.47 Å². The van der Waals surface area contributed by atoms with E-state index in [0.29, 0.717) is 4.77 Å². The number of fused-ring (bicyclic) bond motifs is 1. The molecule has 0 amide bonds. The largest absolute Gasteiger partial charge is 0.496 e. The molecule has 0 bridgehead atoms. The number of hydrogen-bond donors (Lipinski definition) is 1. The van der Waals surface area contributed by atoms with Crippen molar-refractivity contribution in [1.29, 1.82) is 0 Å². The topological polar surface area (TPSA) is 39.2 Å². The number of aromatic nitrogens is 2. The second-order valence-electron chi connectivity index (χ2n) is 4.77. The first-order valence-corrected chi connectivity index (χ1v) is 6.99. The van der Waals surface area contributed by atoms with Crippen LogP contribution in [0.5, 0.6) is 11.5 Å². The summed E-state index contributed by atoms with van der Waals surface area (Å²) in [7, 11) is 3.32. The molecule has 0 spiro atoms. The molecule has 0 atom stereocenters. The van der Waals surface area contributed by atoms with Crippen LogP contribution in [-0.2, 0) is 0 Å². The first-order chi connectivity index (χ1) is 10.2. The van der Waals surface area contributed by atoms with E-state index in [2.05, 4.69) is 11.1 Å². The van der Waals surface area contributed by atoms with Crippen LogP contribution < -0.4 is 9.47 Å². The molecule has 3 rings (SSSR count). The minimum absolute atomic E-state index is 0.638. The van der Waals surface area contributed by atoms with E-state index < -0.39 is 0 Å². The van der Waals surface area contributed by atoms with Crippen LogP contribution in [-0.4, -0.2) is 23.8 Å². The average molecular weight is 300 g/mol. The molecule has 21 heavy (non-hydrogen) atoms. The number of para-hydroxylation sites is 1. The van der Waals surface area contributed by atoms with Gasteiger partial charge in [-0.25, -0.2) is 0 Å². The zero-order chi connectivity index (χ0) is 15.0. The molecule has 1 aromatic heterocycles. The van der Waals surface area contributed by atoms with Crippen molar-refractivity contribution in [1.82, 2.24) is 9.55 Å². The summed E-state index contributed by atoms with van der Waals surface area (Å²) < 4.78 is 13.3. The maximum absolute atomic E-state index is 5.47. The number of nitrogens with one attached hydrogen (secondary N) is 1. The Kier molecular flexibility index (Phi) is 3.43. The van der Waals surface area contributed by atoms with E-state index in [-0.39, 0.29) is 0 Å². The molecule has 5 heteroatoms. The third-order valence-electron chi connectivity index (χ3n) is 3.54. The lowest BCUT2D eigenvalue weighted by atomic mass is 10.2. The molecule has 4 nitrogen and oxygen atoms in total. The lowest BCUT2D eigenvalue weighted by Crippen LogP contribution is -1.96. The van der Waals surface area contributed by atoms with E-state index in [0.717, 1.165) is 33.8 Å². The Morgan fingerprint density at radius 3 is 2.48 bits per heavy atom. The minimum Gasteiger partial charge on any atom is -0.496 e. The number of nitrogens with zero attached hydrogens (tertiary/aromatic N) is 1. The summed E-state index contributed by atoms with van der Waals surface area (Å²) in [5, 5.41) is 0. The second-order valence-corrected chi connectivity index (χ2v) is 5.16. The molecule has 0 unspecified atom stereocenters. The summed E-state index contributed by atoms with van der Waals surface area (Å²) in [6.07, 6.45) is 0. The number of aryl methyl sites for hydroxylation is 1. The zero-order valence-corrected chi connectivity index (χ0v) is 13.0. The second kappa shape index (κ2) is 5.26. The Labute approximate surface area is 127 Å². The van der Waals surface area contributed by atoms with Gasteiger partial charge in [0.05, 0.1) is 19.7 Å². The van der Waals surface area contributed by atoms with E-state index in [4.69, 9.17) is 21.7 Å². The summed E-state index contributed by atoms with van der Waals surface area (Å²) in [6.45, 7) is 2.02. The molecule has 1 heterocycles. The highest BCUT2D eigenvalue weighted by molar-refractivity contribution is 7.71. The monoisotopic (exact) mass is 300 g/mol. The van der Waals surface area contributed by atoms with E-state index in [9.17, 15) is 0 Å². The van der Waals surface area contributed by atoms with Gasteiger partial charge in [0.15, 0.2) is 4.77 Å². The van der Waals surface area contributed by atoms with Crippen molar-refractivity contribution in [3.8, 4) is 17.2 Å². The molecule has 0 saturated heterocycles. The van der Waals surface area contributed by atoms with Crippen molar-refractivity contribution in [3.05, 3.63) is 46.7 Å². The predicted molar refractivity (Wildman–Crippen MR) is 86.3 cm³/mol. The fourth-order valence-corrected chi connectivity index (χ4v) is 2.84. The third kappa shape index (κ3) is 2.19. The molecule has 0 aliphatic heterocycles. The normalized spacial score (nSPS) is 10.8. The van der Waals surface area contributed by atoms with Crippen LogP contribution in [0.25, 0.3) is 16.7 Å². The number of aromatic amines is 1. The van der Waals surface area contributed by atoms with Crippen LogP contribution >= 0.6 is 12.2 Å². The number of H-pyrrole nitrogens is 1. The van der Waals surface area contributed by atoms with Gasteiger partial charge in [0, 0.05) is 5.69 Å². The third-order valence-corrected chi connectivity index (χ3v) is 3.82. The van der Waals surface area contributed by atoms with Gasteiger partial charge in [-0.3, -0.25) is 4.57 Å². The van der Waals surface area contributed by atoms with E-state index >= 15 is 0 Å². The molecular weight excluding hydrogens is 284 g/mol. The van der Waals surface area contributed by atoms with Gasteiger partial charge in [-0.05, 0) is 55.0 Å². The van der Waals surface area contributed by atoms with Gasteiger partial charge < -0.3 is 14.5 Å². The molecule has 0 radical (unpaired) electrons. The molecule has 0 aliphatic rings. The van der Waals surface area contributed by atoms with Gasteiger partial charge >= 0.3 is 0 Å². The number of imidazole rings is 1. The van der Waals surface area contributed by atoms with Crippen LogP contribution in [0, 0.1) is 11.7 Å². The van der Waals surface area contributed by atoms with Gasteiger partial charge in [-0.15, -0.1) is 0 Å². The Balaban J connectivity index is 2.28. The van der Waals surface area contributed by atoms with Crippen molar-refractivity contribution >= 4 is 23.3 Å². The van der Waals surface area contributed by atoms with Gasteiger partial charge in [-0.1, -0.05) is 6.07 Å². The fourth-order valence-electron chi connectivity index (χ4n) is 2.53. The van der Waals surface area contributed by atoms with E-state index in [1.54, 1.807) is 14.2 Å². The smallest absolute Gasteiger partial charge is 0.182 e. The molecule has 0 aliphatic carbocycles. The Bertz CT molecular complexity index is 864. The lowest BCUT2D eigenvalue weighted by Gasteiger charge is -2.09. The molecule has 2 aromatic carbocycles. The number of benzene rings is 2. The van der Waals surface area contributed by atoms with Crippen molar-refractivity contribution in [2.45, 2.75) is 6.92 Å². The van der Waals surface area contributed by atoms with Crippen LogP contribution in [0.15, 0.2) is 36.4 Å². The number of methoxy groups -OCH3 is 2. The Hall–Kier alpha value is -2.27. The summed E-state index contributed by atoms with van der Waals surface area (Å²) in [5.74, 6) is 1.64. The number of rotatable bonds is 3. The van der Waals surface area contributed by atoms with Gasteiger partial charge in [-0.2, -0.15) is 0 Å². The predicted octanol–water partition coefficient (Wildman–Crippen LogP) is 4.01. The maximum atomic E-state index is 5.47. The van der Waals surface area contributed by atoms with Gasteiger partial charge in [0.1, 0.15) is 17.0 Å². The maximum Gasteiger partial charge on any atom is 0.182 e. The molecule has 108 valence electrons. The number of hydrogen-bond acceptors (Lipinski definition) is 3. The van der Waals surface area contributed by atoms with E-state index in [1.165, 1.54) is 0 Å². The summed E-state index contributed by atoms with van der Waals surface area (Å²) >= 11 is 5.47. The van der Waals surface area contributed by atoms with Gasteiger partial charge in [0.2, 0.25) is 0 Å². The summed E-state index contributed by atoms with van der Waals surface area (Å²) in [4.78, 5) is 3.21. The Morgan fingerprint density at radius 2 is 1.81 bits per heavy atom. The standard InChI is InChI=1S/C16H16N2O2S/c1-10-9-11(7-8-13(10)19-2)18-12-5-4-6-14(20-3)15(12)17-16(18)21/h4-9H,1-3H3,(H,17,21). The van der Waals surface area contributed by atoms with Crippen molar-refractivity contribution in [2.75, 3.05) is 14.2 Å². The SMILES string of the molecule is COc1ccc(-n2c(=S)[nH]c3c(OC)cccc32)cc1C. The van der Waals surface area contributed by atoms with Crippen LogP contribution in [0.3, 0.4) is 0 Å². The van der Waals surface area contributed by atoms with Crippen LogP contribution in [0.2, 0.25) is 0 Å². The quantitative estimate of drug-likeness (QED) is 0.743. The molecule has 3 aromatic rings. The fraction of sp³-hybridized carbons (Fsp3) is 0.188. The first-order valence-electron chi connectivity index (χ1n) is 6.58. The number of ether oxygens (including phenoxy) is 2. The highest BCUT2D eigenvalue weighted by Gasteiger charge is 2.11. The molecule has 0 fully saturated rings. The molecule has 1 N–H and O–H groups in total. The highest BCUT2D eigenvalue weighted by Crippen LogP contribution is 2.28. The van der Waals surface area contributed by atoms with Crippen molar-refractivity contribution in [3.63, 3.8) is 0 Å². The summed E-state index contributed by atoms with van der Waals surface area (Å²) in [6, 6.07) is 11.9. The van der Waals surface area contributed by atoms with Gasteiger partial charge in [0.25, 0.3) is 0 Å². The van der Waals surface area contributed by atoms with Crippen LogP contribution in [0.4, 0.5) is 0 Å². The summed E-state index contributed by atoms with van der Waals surface area (Å²) in [5.41, 5.74) is 3.95. The van der Waals surface area contributed by atoms with E-state index in [1.807, 2.05) is 41.8 Å². The molecular formula is C16H16N2O2S. The lowest BCUT2D eigenvalue weighted by molar-refractivity contribution is 0.411. The van der Waals surface area contributed by atoms with Crippen molar-refractivity contribution in [2.24, 2.45) is 0 Å². The minimum atomic E-state index is 0.638. The first kappa shape index (κ1) is 13.7. The van der Waals surface area contributed by atoms with Crippen LogP contribution in [0.1, 0.15) is 5.56 Å².